The van der Waals surface area contributed by atoms with Crippen molar-refractivity contribution >= 4 is 23.6 Å². The van der Waals surface area contributed by atoms with Gasteiger partial charge in [0.25, 0.3) is 5.79 Å². The van der Waals surface area contributed by atoms with E-state index >= 15 is 0 Å². The molecule has 0 saturated carbocycles. The fourth-order valence-corrected chi connectivity index (χ4v) is 2.41. The van der Waals surface area contributed by atoms with Crippen molar-refractivity contribution in [3.8, 4) is 11.5 Å². The number of aromatic carboxylic acids is 1. The van der Waals surface area contributed by atoms with Crippen LogP contribution in [0.5, 0.6) is 11.5 Å². The number of carbonyl (C=O) groups is 3. The molecule has 8 heteroatoms. The summed E-state index contributed by atoms with van der Waals surface area (Å²) in [7, 11) is 0. The third-order valence-electron chi connectivity index (χ3n) is 3.70. The summed E-state index contributed by atoms with van der Waals surface area (Å²) < 4.78 is 15.6. The Hall–Kier alpha value is -3.81. The van der Waals surface area contributed by atoms with Crippen LogP contribution in [0.2, 0.25) is 0 Å². The number of cyclic esters (lactones) is 2. The number of ether oxygens (including phenoxy) is 3. The lowest BCUT2D eigenvalue weighted by Crippen LogP contribution is -2.42. The Bertz CT molecular complexity index is 939. The number of hydrogen-bond acceptors (Lipinski definition) is 7. The van der Waals surface area contributed by atoms with Crippen LogP contribution in [-0.4, -0.2) is 28.8 Å². The summed E-state index contributed by atoms with van der Waals surface area (Å²) >= 11 is 0. The number of carboxylic acid groups (broad SMARTS) is 1. The van der Waals surface area contributed by atoms with E-state index in [-0.39, 0.29) is 16.9 Å². The van der Waals surface area contributed by atoms with Crippen LogP contribution in [0.25, 0.3) is 0 Å². The normalized spacial score (nSPS) is 15.3. The molecule has 2 N–H and O–H groups in total. The van der Waals surface area contributed by atoms with Gasteiger partial charge in [-0.15, -0.1) is 0 Å². The summed E-state index contributed by atoms with van der Waals surface area (Å²) in [6.45, 7) is 2.93. The van der Waals surface area contributed by atoms with E-state index in [1.165, 1.54) is 26.1 Å². The van der Waals surface area contributed by atoms with Gasteiger partial charge in [0.05, 0.1) is 0 Å². The highest BCUT2D eigenvalue weighted by molar-refractivity contribution is 6.15. The van der Waals surface area contributed by atoms with Gasteiger partial charge in [0, 0.05) is 25.7 Å². The van der Waals surface area contributed by atoms with Gasteiger partial charge in [0.2, 0.25) is 0 Å². The van der Waals surface area contributed by atoms with Crippen molar-refractivity contribution in [2.45, 2.75) is 19.6 Å². The van der Waals surface area contributed by atoms with Gasteiger partial charge in [0.15, 0.2) is 5.57 Å². The molecule has 0 aromatic heterocycles. The molecule has 3 rings (SSSR count). The summed E-state index contributed by atoms with van der Waals surface area (Å²) in [6, 6.07) is 12.8. The van der Waals surface area contributed by atoms with Crippen molar-refractivity contribution in [2.75, 3.05) is 5.32 Å². The molecule has 8 nitrogen and oxygen atoms in total. The number of para-hydroxylation sites is 1. The number of carbonyl (C=O) groups excluding carboxylic acids is 2. The zero-order chi connectivity index (χ0) is 20.3. The van der Waals surface area contributed by atoms with Crippen LogP contribution < -0.4 is 10.1 Å². The Morgan fingerprint density at radius 3 is 2.25 bits per heavy atom. The largest absolute Gasteiger partial charge is 0.478 e. The minimum absolute atomic E-state index is 0.0479. The summed E-state index contributed by atoms with van der Waals surface area (Å²) in [5.74, 6) is -3.30. The Kier molecular flexibility index (Phi) is 5.04. The van der Waals surface area contributed by atoms with Gasteiger partial charge < -0.3 is 24.6 Å². The summed E-state index contributed by atoms with van der Waals surface area (Å²) in [6.07, 6.45) is 1.20. The Balaban J connectivity index is 1.70. The molecule has 0 aliphatic carbocycles. The van der Waals surface area contributed by atoms with Crippen LogP contribution >= 0.6 is 0 Å². The number of esters is 2. The molecule has 1 fully saturated rings. The Morgan fingerprint density at radius 1 is 1.04 bits per heavy atom. The van der Waals surface area contributed by atoms with Gasteiger partial charge >= 0.3 is 17.9 Å². The average Bonchev–Trinajstić information content (AvgIpc) is 2.61. The van der Waals surface area contributed by atoms with Crippen molar-refractivity contribution in [3.63, 3.8) is 0 Å². The molecule has 0 amide bonds. The first-order valence-electron chi connectivity index (χ1n) is 8.29. The van der Waals surface area contributed by atoms with E-state index in [9.17, 15) is 19.5 Å². The number of nitrogens with one attached hydrogen (secondary N) is 1. The maximum atomic E-state index is 11.9. The van der Waals surface area contributed by atoms with Crippen LogP contribution in [0.1, 0.15) is 24.2 Å². The van der Waals surface area contributed by atoms with Gasteiger partial charge in [-0.05, 0) is 36.4 Å². The van der Waals surface area contributed by atoms with Gasteiger partial charge in [-0.2, -0.15) is 0 Å². The molecule has 0 unspecified atom stereocenters. The molecular formula is C20H17NO7. The van der Waals surface area contributed by atoms with E-state index in [2.05, 4.69) is 5.32 Å². The number of hydrogen-bond donors (Lipinski definition) is 2. The van der Waals surface area contributed by atoms with Crippen molar-refractivity contribution in [2.24, 2.45) is 0 Å². The predicted molar refractivity (Wildman–Crippen MR) is 97.9 cm³/mol. The zero-order valence-corrected chi connectivity index (χ0v) is 15.1. The molecule has 1 aliphatic heterocycles. The van der Waals surface area contributed by atoms with E-state index in [0.29, 0.717) is 11.4 Å². The van der Waals surface area contributed by atoms with E-state index < -0.39 is 23.7 Å². The van der Waals surface area contributed by atoms with Crippen LogP contribution in [0.4, 0.5) is 5.69 Å². The highest BCUT2D eigenvalue weighted by atomic mass is 16.7. The molecule has 0 radical (unpaired) electrons. The van der Waals surface area contributed by atoms with Crippen LogP contribution in [0, 0.1) is 0 Å². The van der Waals surface area contributed by atoms with E-state index in [1.807, 2.05) is 0 Å². The quantitative estimate of drug-likeness (QED) is 0.460. The minimum atomic E-state index is -1.29. The molecule has 1 heterocycles. The minimum Gasteiger partial charge on any atom is -0.478 e. The van der Waals surface area contributed by atoms with Gasteiger partial charge in [-0.3, -0.25) is 0 Å². The lowest BCUT2D eigenvalue weighted by Gasteiger charge is -2.29. The molecule has 144 valence electrons. The molecule has 0 spiro atoms. The summed E-state index contributed by atoms with van der Waals surface area (Å²) in [5.41, 5.74) is 0.360. The van der Waals surface area contributed by atoms with E-state index in [0.717, 1.165) is 0 Å². The first kappa shape index (κ1) is 19.0. The summed E-state index contributed by atoms with van der Waals surface area (Å²) in [4.78, 5) is 35.0. The van der Waals surface area contributed by atoms with Crippen LogP contribution in [0.15, 0.2) is 60.3 Å². The Labute approximate surface area is 160 Å². The smallest absolute Gasteiger partial charge is 0.350 e. The Morgan fingerprint density at radius 2 is 1.64 bits per heavy atom. The first-order valence-corrected chi connectivity index (χ1v) is 8.29. The van der Waals surface area contributed by atoms with Crippen molar-refractivity contribution < 1.29 is 33.7 Å². The first-order chi connectivity index (χ1) is 13.2. The fourth-order valence-electron chi connectivity index (χ4n) is 2.41. The van der Waals surface area contributed by atoms with Gasteiger partial charge in [-0.1, -0.05) is 12.1 Å². The van der Waals surface area contributed by atoms with Crippen LogP contribution in [-0.2, 0) is 19.1 Å². The topological polar surface area (TPSA) is 111 Å². The fraction of sp³-hybridized carbons (Fsp3) is 0.150. The maximum Gasteiger partial charge on any atom is 0.350 e. The molecule has 2 aromatic carbocycles. The second kappa shape index (κ2) is 7.43. The van der Waals surface area contributed by atoms with Crippen molar-refractivity contribution in [3.05, 3.63) is 65.9 Å². The maximum absolute atomic E-state index is 11.9. The molecule has 1 aliphatic rings. The molecule has 0 bridgehead atoms. The third kappa shape index (κ3) is 4.29. The molecule has 0 atom stereocenters. The van der Waals surface area contributed by atoms with E-state index in [4.69, 9.17) is 14.2 Å². The SMILES string of the molecule is CC1(C)OC(=O)C(=CNc2ccc(Oc3ccccc3C(=O)O)cc2)C(=O)O1. The summed E-state index contributed by atoms with van der Waals surface area (Å²) in [5, 5.41) is 12.0. The van der Waals surface area contributed by atoms with Crippen molar-refractivity contribution in [1.82, 2.24) is 0 Å². The highest BCUT2D eigenvalue weighted by Crippen LogP contribution is 2.27. The standard InChI is InChI=1S/C20H17NO7/c1-20(2)27-18(24)15(19(25)28-20)11-21-12-7-9-13(10-8-12)26-16-6-4-3-5-14(16)17(22)23/h3-11,21H,1-2H3,(H,22,23). The number of anilines is 1. The second-order valence-corrected chi connectivity index (χ2v) is 6.31. The van der Waals surface area contributed by atoms with Crippen molar-refractivity contribution in [1.29, 1.82) is 0 Å². The number of benzene rings is 2. The van der Waals surface area contributed by atoms with E-state index in [1.54, 1.807) is 42.5 Å². The molecular weight excluding hydrogens is 366 g/mol. The second-order valence-electron chi connectivity index (χ2n) is 6.31. The number of rotatable bonds is 5. The third-order valence-corrected chi connectivity index (χ3v) is 3.70. The lowest BCUT2D eigenvalue weighted by atomic mass is 10.2. The molecule has 2 aromatic rings. The predicted octanol–water partition coefficient (Wildman–Crippen LogP) is 3.31. The molecule has 1 saturated heterocycles. The lowest BCUT2D eigenvalue weighted by molar-refractivity contribution is -0.222. The molecule has 28 heavy (non-hydrogen) atoms. The highest BCUT2D eigenvalue weighted by Gasteiger charge is 2.38. The average molecular weight is 383 g/mol. The van der Waals surface area contributed by atoms with Gasteiger partial charge in [0.1, 0.15) is 17.1 Å². The monoisotopic (exact) mass is 383 g/mol. The van der Waals surface area contributed by atoms with Gasteiger partial charge in [-0.25, -0.2) is 14.4 Å². The zero-order valence-electron chi connectivity index (χ0n) is 15.1. The van der Waals surface area contributed by atoms with Crippen LogP contribution in [0.3, 0.4) is 0 Å². The number of carboxylic acids is 1.